The number of Topliss-reactive ketones (excluding diaryl/α,β-unsaturated/α-hetero) is 1. The summed E-state index contributed by atoms with van der Waals surface area (Å²) in [4.78, 5) is 11.4. The molecule has 0 aromatic rings. The molecule has 1 nitrogen and oxygen atoms in total. The van der Waals surface area contributed by atoms with Crippen molar-refractivity contribution < 1.29 is 4.79 Å². The molecule has 3 rings (SSSR count). The Balaban J connectivity index is 1.99. The van der Waals surface area contributed by atoms with Gasteiger partial charge in [-0.25, -0.2) is 0 Å². The van der Waals surface area contributed by atoms with Gasteiger partial charge in [-0.05, 0) is 31.1 Å². The molecular weight excluding hydrogens is 136 g/mol. The highest BCUT2D eigenvalue weighted by Crippen LogP contribution is 2.73. The van der Waals surface area contributed by atoms with Crippen molar-refractivity contribution in [1.29, 1.82) is 0 Å². The SMILES string of the molecule is O=C1CC23CCCCC12CC3. The molecule has 2 unspecified atom stereocenters. The van der Waals surface area contributed by atoms with Gasteiger partial charge in [-0.2, -0.15) is 0 Å². The number of carbonyl (C=O) groups is 1. The smallest absolute Gasteiger partial charge is 0.140 e. The highest BCUT2D eigenvalue weighted by Gasteiger charge is 2.70. The molecule has 0 bridgehead atoms. The maximum absolute atomic E-state index is 11.4. The molecule has 0 saturated heterocycles. The van der Waals surface area contributed by atoms with Crippen LogP contribution >= 0.6 is 0 Å². The number of hydrogen-bond acceptors (Lipinski definition) is 1. The van der Waals surface area contributed by atoms with Crippen molar-refractivity contribution in [2.75, 3.05) is 0 Å². The van der Waals surface area contributed by atoms with E-state index in [0.29, 0.717) is 11.2 Å². The summed E-state index contributed by atoms with van der Waals surface area (Å²) < 4.78 is 0. The zero-order valence-corrected chi connectivity index (χ0v) is 6.86. The monoisotopic (exact) mass is 150 g/mol. The number of rotatable bonds is 0. The Labute approximate surface area is 67.2 Å². The van der Waals surface area contributed by atoms with Crippen molar-refractivity contribution in [3.8, 4) is 0 Å². The van der Waals surface area contributed by atoms with Gasteiger partial charge in [0.15, 0.2) is 0 Å². The first-order valence-electron chi connectivity index (χ1n) is 4.83. The van der Waals surface area contributed by atoms with Crippen LogP contribution in [0.1, 0.15) is 44.9 Å². The van der Waals surface area contributed by atoms with Crippen molar-refractivity contribution in [3.05, 3.63) is 0 Å². The van der Waals surface area contributed by atoms with E-state index < -0.39 is 0 Å². The zero-order chi connectivity index (χ0) is 7.53. The third-order valence-electron chi connectivity index (χ3n) is 4.59. The van der Waals surface area contributed by atoms with E-state index in [2.05, 4.69) is 0 Å². The third-order valence-corrected chi connectivity index (χ3v) is 4.59. The summed E-state index contributed by atoms with van der Waals surface area (Å²) in [6.45, 7) is 0. The number of carbonyl (C=O) groups excluding carboxylic acids is 1. The van der Waals surface area contributed by atoms with Gasteiger partial charge in [0.1, 0.15) is 5.78 Å². The van der Waals surface area contributed by atoms with Crippen LogP contribution in [-0.2, 0) is 4.79 Å². The Hall–Kier alpha value is -0.330. The largest absolute Gasteiger partial charge is 0.299 e. The zero-order valence-electron chi connectivity index (χ0n) is 6.86. The summed E-state index contributed by atoms with van der Waals surface area (Å²) in [6, 6.07) is 0. The van der Waals surface area contributed by atoms with E-state index in [1.165, 1.54) is 38.5 Å². The molecule has 3 aliphatic rings. The van der Waals surface area contributed by atoms with Gasteiger partial charge in [0.05, 0.1) is 0 Å². The highest BCUT2D eigenvalue weighted by molar-refractivity contribution is 5.94. The summed E-state index contributed by atoms with van der Waals surface area (Å²) in [5.41, 5.74) is 0.813. The lowest BCUT2D eigenvalue weighted by Crippen LogP contribution is -2.67. The molecule has 0 heterocycles. The molecule has 0 aromatic carbocycles. The Morgan fingerprint density at radius 2 is 1.82 bits per heavy atom. The van der Waals surface area contributed by atoms with Crippen molar-refractivity contribution >= 4 is 5.78 Å². The van der Waals surface area contributed by atoms with E-state index in [1.807, 2.05) is 0 Å². The Bertz CT molecular complexity index is 233. The fraction of sp³-hybridized carbons (Fsp3) is 0.900. The maximum Gasteiger partial charge on any atom is 0.140 e. The average Bonchev–Trinajstić information content (AvgIpc) is 1.95. The van der Waals surface area contributed by atoms with Gasteiger partial charge in [-0.3, -0.25) is 4.79 Å². The second kappa shape index (κ2) is 1.55. The van der Waals surface area contributed by atoms with Gasteiger partial charge in [-0.15, -0.1) is 0 Å². The van der Waals surface area contributed by atoms with Crippen LogP contribution in [0.2, 0.25) is 0 Å². The molecule has 3 aliphatic carbocycles. The summed E-state index contributed by atoms with van der Waals surface area (Å²) in [6.07, 6.45) is 8.81. The maximum atomic E-state index is 11.4. The molecule has 0 aromatic heterocycles. The minimum atomic E-state index is 0.255. The van der Waals surface area contributed by atoms with Crippen molar-refractivity contribution in [2.24, 2.45) is 10.8 Å². The third kappa shape index (κ3) is 0.447. The van der Waals surface area contributed by atoms with Crippen LogP contribution in [0.25, 0.3) is 0 Å². The van der Waals surface area contributed by atoms with Crippen molar-refractivity contribution in [1.82, 2.24) is 0 Å². The highest BCUT2D eigenvalue weighted by atomic mass is 16.1. The summed E-state index contributed by atoms with van der Waals surface area (Å²) in [5, 5.41) is 0. The molecule has 0 N–H and O–H groups in total. The first-order valence-corrected chi connectivity index (χ1v) is 4.83. The minimum absolute atomic E-state index is 0.255. The van der Waals surface area contributed by atoms with Gasteiger partial charge in [0, 0.05) is 11.8 Å². The van der Waals surface area contributed by atoms with Crippen LogP contribution in [-0.4, -0.2) is 5.78 Å². The Morgan fingerprint density at radius 1 is 1.00 bits per heavy atom. The quantitative estimate of drug-likeness (QED) is 0.518. The molecule has 3 fully saturated rings. The first kappa shape index (κ1) is 6.22. The fourth-order valence-electron chi connectivity index (χ4n) is 3.72. The van der Waals surface area contributed by atoms with E-state index in [-0.39, 0.29) is 5.41 Å². The summed E-state index contributed by atoms with van der Waals surface area (Å²) in [5.74, 6) is 0.600. The van der Waals surface area contributed by atoms with E-state index in [9.17, 15) is 4.79 Å². The molecule has 1 heteroatoms. The predicted molar refractivity (Wildman–Crippen MR) is 42.2 cm³/mol. The normalized spacial score (nSPS) is 53.6. The minimum Gasteiger partial charge on any atom is -0.299 e. The molecule has 0 amide bonds. The predicted octanol–water partition coefficient (Wildman–Crippen LogP) is 2.30. The average molecular weight is 150 g/mol. The first-order chi connectivity index (χ1) is 5.29. The standard InChI is InChI=1S/C10H14O/c11-8-7-9-3-1-2-4-10(8,9)6-5-9/h1-7H2. The van der Waals surface area contributed by atoms with Crippen LogP contribution in [0.15, 0.2) is 0 Å². The number of hydrogen-bond donors (Lipinski definition) is 0. The Kier molecular flexibility index (Phi) is 0.875. The van der Waals surface area contributed by atoms with Gasteiger partial charge < -0.3 is 0 Å². The van der Waals surface area contributed by atoms with E-state index in [4.69, 9.17) is 0 Å². The van der Waals surface area contributed by atoms with Gasteiger partial charge in [0.25, 0.3) is 0 Å². The number of ketones is 1. The van der Waals surface area contributed by atoms with Gasteiger partial charge in [0.2, 0.25) is 0 Å². The van der Waals surface area contributed by atoms with Crippen molar-refractivity contribution in [2.45, 2.75) is 44.9 Å². The molecule has 11 heavy (non-hydrogen) atoms. The molecule has 0 aliphatic heterocycles. The lowest BCUT2D eigenvalue weighted by atomic mass is 9.33. The second-order valence-corrected chi connectivity index (χ2v) is 4.67. The molecular formula is C10H14O. The van der Waals surface area contributed by atoms with Crippen LogP contribution < -0.4 is 0 Å². The fourth-order valence-corrected chi connectivity index (χ4v) is 3.72. The summed E-state index contributed by atoms with van der Waals surface area (Å²) in [7, 11) is 0. The molecule has 3 saturated carbocycles. The molecule has 2 atom stereocenters. The van der Waals surface area contributed by atoms with E-state index >= 15 is 0 Å². The van der Waals surface area contributed by atoms with Crippen LogP contribution in [0.3, 0.4) is 0 Å². The second-order valence-electron chi connectivity index (χ2n) is 4.67. The van der Waals surface area contributed by atoms with E-state index in [0.717, 1.165) is 6.42 Å². The lowest BCUT2D eigenvalue weighted by Gasteiger charge is -2.69. The Morgan fingerprint density at radius 3 is 2.27 bits per heavy atom. The lowest BCUT2D eigenvalue weighted by molar-refractivity contribution is -0.202. The topological polar surface area (TPSA) is 17.1 Å². The van der Waals surface area contributed by atoms with Gasteiger partial charge >= 0.3 is 0 Å². The van der Waals surface area contributed by atoms with Crippen molar-refractivity contribution in [3.63, 3.8) is 0 Å². The van der Waals surface area contributed by atoms with Crippen LogP contribution in [0.5, 0.6) is 0 Å². The van der Waals surface area contributed by atoms with Crippen LogP contribution in [0.4, 0.5) is 0 Å². The van der Waals surface area contributed by atoms with E-state index in [1.54, 1.807) is 0 Å². The molecule has 60 valence electrons. The molecule has 0 spiro atoms. The van der Waals surface area contributed by atoms with Crippen LogP contribution in [0, 0.1) is 10.8 Å². The summed E-state index contributed by atoms with van der Waals surface area (Å²) >= 11 is 0. The van der Waals surface area contributed by atoms with Gasteiger partial charge in [-0.1, -0.05) is 12.8 Å². The molecule has 0 radical (unpaired) electrons.